The van der Waals surface area contributed by atoms with Crippen molar-refractivity contribution in [1.29, 1.82) is 0 Å². The van der Waals surface area contributed by atoms with E-state index in [0.717, 1.165) is 23.7 Å². The first-order valence-electron chi connectivity index (χ1n) is 5.77. The standard InChI is InChI=1S/C13H15N3O2/c1-2-16-12(7-8-15-16)9-18-13-5-3-11(4-6-13)14-10-17/h3-8,10H,2,9H2,1H3,(H,14,17). The second-order valence-electron chi connectivity index (χ2n) is 3.71. The molecule has 0 aliphatic rings. The second kappa shape index (κ2) is 5.86. The predicted molar refractivity (Wildman–Crippen MR) is 68.4 cm³/mol. The molecule has 0 spiro atoms. The molecule has 0 bridgehead atoms. The van der Waals surface area contributed by atoms with Gasteiger partial charge in [-0.3, -0.25) is 9.48 Å². The van der Waals surface area contributed by atoms with Crippen LogP contribution in [0.15, 0.2) is 36.5 Å². The fraction of sp³-hybridized carbons (Fsp3) is 0.231. The number of benzene rings is 1. The lowest BCUT2D eigenvalue weighted by atomic mass is 10.3. The summed E-state index contributed by atoms with van der Waals surface area (Å²) in [6, 6.07) is 9.16. The fourth-order valence-corrected chi connectivity index (χ4v) is 1.64. The molecule has 2 rings (SSSR count). The van der Waals surface area contributed by atoms with Crippen molar-refractivity contribution >= 4 is 12.1 Å². The number of rotatable bonds is 6. The first-order valence-corrected chi connectivity index (χ1v) is 5.77. The summed E-state index contributed by atoms with van der Waals surface area (Å²) in [4.78, 5) is 10.3. The van der Waals surface area contributed by atoms with Crippen LogP contribution in [0.25, 0.3) is 0 Å². The first kappa shape index (κ1) is 12.2. The zero-order valence-electron chi connectivity index (χ0n) is 10.2. The van der Waals surface area contributed by atoms with Gasteiger partial charge in [-0.1, -0.05) is 0 Å². The lowest BCUT2D eigenvalue weighted by Crippen LogP contribution is -2.05. The minimum absolute atomic E-state index is 0.480. The van der Waals surface area contributed by atoms with Crippen LogP contribution in [0.4, 0.5) is 5.69 Å². The normalized spacial score (nSPS) is 10.1. The Morgan fingerprint density at radius 3 is 2.78 bits per heavy atom. The van der Waals surface area contributed by atoms with Gasteiger partial charge in [0.2, 0.25) is 6.41 Å². The number of amides is 1. The van der Waals surface area contributed by atoms with Gasteiger partial charge in [-0.15, -0.1) is 0 Å². The van der Waals surface area contributed by atoms with Crippen molar-refractivity contribution in [3.05, 3.63) is 42.2 Å². The molecule has 1 aromatic carbocycles. The molecule has 1 aromatic heterocycles. The summed E-state index contributed by atoms with van der Waals surface area (Å²) in [6.45, 7) is 3.35. The molecule has 5 heteroatoms. The summed E-state index contributed by atoms with van der Waals surface area (Å²) in [5, 5.41) is 6.75. The van der Waals surface area contributed by atoms with Gasteiger partial charge in [-0.25, -0.2) is 0 Å². The zero-order valence-corrected chi connectivity index (χ0v) is 10.2. The van der Waals surface area contributed by atoms with E-state index < -0.39 is 0 Å². The Balaban J connectivity index is 1.95. The van der Waals surface area contributed by atoms with Gasteiger partial charge in [0.15, 0.2) is 0 Å². The maximum absolute atomic E-state index is 10.3. The van der Waals surface area contributed by atoms with Gasteiger partial charge in [0, 0.05) is 18.4 Å². The van der Waals surface area contributed by atoms with Gasteiger partial charge >= 0.3 is 0 Å². The maximum atomic E-state index is 10.3. The highest BCUT2D eigenvalue weighted by Crippen LogP contribution is 2.16. The summed E-state index contributed by atoms with van der Waals surface area (Å²) < 4.78 is 7.54. The monoisotopic (exact) mass is 245 g/mol. The van der Waals surface area contributed by atoms with Crippen molar-refractivity contribution in [3.63, 3.8) is 0 Å². The number of carbonyl (C=O) groups excluding carboxylic acids is 1. The van der Waals surface area contributed by atoms with E-state index in [0.29, 0.717) is 13.0 Å². The van der Waals surface area contributed by atoms with Gasteiger partial charge in [0.05, 0.1) is 5.69 Å². The Morgan fingerprint density at radius 2 is 2.11 bits per heavy atom. The van der Waals surface area contributed by atoms with Crippen molar-refractivity contribution < 1.29 is 9.53 Å². The Kier molecular flexibility index (Phi) is 3.96. The molecule has 1 heterocycles. The average molecular weight is 245 g/mol. The Bertz CT molecular complexity index is 505. The largest absolute Gasteiger partial charge is 0.487 e. The molecule has 1 N–H and O–H groups in total. The van der Waals surface area contributed by atoms with Crippen LogP contribution in [0.1, 0.15) is 12.6 Å². The van der Waals surface area contributed by atoms with Crippen molar-refractivity contribution in [3.8, 4) is 5.75 Å². The molecule has 0 fully saturated rings. The predicted octanol–water partition coefficient (Wildman–Crippen LogP) is 2.05. The van der Waals surface area contributed by atoms with Crippen LogP contribution in [0.3, 0.4) is 0 Å². The number of hydrogen-bond donors (Lipinski definition) is 1. The van der Waals surface area contributed by atoms with Crippen LogP contribution in [-0.4, -0.2) is 16.2 Å². The molecule has 0 aliphatic carbocycles. The topological polar surface area (TPSA) is 56.1 Å². The van der Waals surface area contributed by atoms with Gasteiger partial charge < -0.3 is 10.1 Å². The number of hydrogen-bond acceptors (Lipinski definition) is 3. The fourth-order valence-electron chi connectivity index (χ4n) is 1.64. The van der Waals surface area contributed by atoms with Crippen LogP contribution in [-0.2, 0) is 17.9 Å². The number of aromatic nitrogens is 2. The third kappa shape index (κ3) is 2.88. The molecule has 0 aliphatic heterocycles. The molecule has 0 saturated carbocycles. The molecule has 0 saturated heterocycles. The van der Waals surface area contributed by atoms with Crippen LogP contribution < -0.4 is 10.1 Å². The summed E-state index contributed by atoms with van der Waals surface area (Å²) in [5.41, 5.74) is 1.78. The van der Waals surface area contributed by atoms with E-state index in [4.69, 9.17) is 4.74 Å². The molecular weight excluding hydrogens is 230 g/mol. The van der Waals surface area contributed by atoms with Crippen LogP contribution in [0.2, 0.25) is 0 Å². The molecule has 0 atom stereocenters. The number of anilines is 1. The minimum atomic E-state index is 0.480. The van der Waals surface area contributed by atoms with Gasteiger partial charge in [-0.2, -0.15) is 5.10 Å². The van der Waals surface area contributed by atoms with E-state index in [1.165, 1.54) is 0 Å². The lowest BCUT2D eigenvalue weighted by molar-refractivity contribution is -0.105. The van der Waals surface area contributed by atoms with Crippen molar-refractivity contribution in [2.24, 2.45) is 0 Å². The molecular formula is C13H15N3O2. The van der Waals surface area contributed by atoms with Crippen LogP contribution in [0, 0.1) is 0 Å². The first-order chi connectivity index (χ1) is 8.83. The highest BCUT2D eigenvalue weighted by Gasteiger charge is 2.01. The van der Waals surface area contributed by atoms with Crippen molar-refractivity contribution in [2.45, 2.75) is 20.1 Å². The molecule has 1 amide bonds. The van der Waals surface area contributed by atoms with Gasteiger partial charge in [0.1, 0.15) is 12.4 Å². The highest BCUT2D eigenvalue weighted by molar-refractivity contribution is 5.71. The number of carbonyl (C=O) groups is 1. The lowest BCUT2D eigenvalue weighted by Gasteiger charge is -2.08. The molecule has 18 heavy (non-hydrogen) atoms. The van der Waals surface area contributed by atoms with Gasteiger partial charge in [-0.05, 0) is 37.3 Å². The molecule has 0 unspecified atom stereocenters. The number of aryl methyl sites for hydroxylation is 1. The van der Waals surface area contributed by atoms with Crippen LogP contribution >= 0.6 is 0 Å². The quantitative estimate of drug-likeness (QED) is 0.792. The molecule has 94 valence electrons. The van der Waals surface area contributed by atoms with Crippen molar-refractivity contribution in [1.82, 2.24) is 9.78 Å². The smallest absolute Gasteiger partial charge is 0.211 e. The van der Waals surface area contributed by atoms with E-state index >= 15 is 0 Å². The van der Waals surface area contributed by atoms with E-state index in [2.05, 4.69) is 10.4 Å². The number of ether oxygens (including phenoxy) is 1. The SMILES string of the molecule is CCn1nccc1COc1ccc(NC=O)cc1. The average Bonchev–Trinajstić information content (AvgIpc) is 2.86. The zero-order chi connectivity index (χ0) is 12.8. The Labute approximate surface area is 105 Å². The van der Waals surface area contributed by atoms with E-state index in [-0.39, 0.29) is 0 Å². The van der Waals surface area contributed by atoms with Crippen LogP contribution in [0.5, 0.6) is 5.75 Å². The molecule has 2 aromatic rings. The Morgan fingerprint density at radius 1 is 1.33 bits per heavy atom. The third-order valence-electron chi connectivity index (χ3n) is 2.57. The summed E-state index contributed by atoms with van der Waals surface area (Å²) in [6.07, 6.45) is 2.41. The number of nitrogens with zero attached hydrogens (tertiary/aromatic N) is 2. The van der Waals surface area contributed by atoms with Crippen molar-refractivity contribution in [2.75, 3.05) is 5.32 Å². The highest BCUT2D eigenvalue weighted by atomic mass is 16.5. The summed E-state index contributed by atoms with van der Waals surface area (Å²) >= 11 is 0. The second-order valence-corrected chi connectivity index (χ2v) is 3.71. The minimum Gasteiger partial charge on any atom is -0.487 e. The van der Waals surface area contributed by atoms with E-state index in [1.807, 2.05) is 29.8 Å². The molecule has 0 radical (unpaired) electrons. The Hall–Kier alpha value is -2.30. The molecule has 5 nitrogen and oxygen atoms in total. The third-order valence-corrected chi connectivity index (χ3v) is 2.57. The number of nitrogens with one attached hydrogen (secondary N) is 1. The summed E-state index contributed by atoms with van der Waals surface area (Å²) in [5.74, 6) is 0.760. The summed E-state index contributed by atoms with van der Waals surface area (Å²) in [7, 11) is 0. The van der Waals surface area contributed by atoms with Gasteiger partial charge in [0.25, 0.3) is 0 Å². The maximum Gasteiger partial charge on any atom is 0.211 e. The van der Waals surface area contributed by atoms with E-state index in [9.17, 15) is 4.79 Å². The van der Waals surface area contributed by atoms with E-state index in [1.54, 1.807) is 18.3 Å².